The molecular formula is C16H22ClN3O. The van der Waals surface area contributed by atoms with E-state index in [1.54, 1.807) is 0 Å². The zero-order valence-electron chi connectivity index (χ0n) is 12.6. The summed E-state index contributed by atoms with van der Waals surface area (Å²) in [5.74, 6) is 0.400. The topological polar surface area (TPSA) is 53.5 Å². The van der Waals surface area contributed by atoms with Gasteiger partial charge in [-0.05, 0) is 56.2 Å². The molecule has 1 aliphatic rings. The van der Waals surface area contributed by atoms with E-state index in [2.05, 4.69) is 22.8 Å². The van der Waals surface area contributed by atoms with E-state index in [0.717, 1.165) is 29.8 Å². The van der Waals surface area contributed by atoms with Crippen molar-refractivity contribution >= 4 is 28.9 Å². The highest BCUT2D eigenvalue weighted by Crippen LogP contribution is 2.25. The zero-order valence-corrected chi connectivity index (χ0v) is 13.3. The summed E-state index contributed by atoms with van der Waals surface area (Å²) in [5, 5.41) is 8.06. The summed E-state index contributed by atoms with van der Waals surface area (Å²) in [7, 11) is 0. The predicted octanol–water partition coefficient (Wildman–Crippen LogP) is 3.74. The second kappa shape index (κ2) is 7.46. The van der Waals surface area contributed by atoms with Crippen molar-refractivity contribution in [1.82, 2.24) is 5.43 Å². The smallest absolute Gasteiger partial charge is 0.259 e. The molecule has 0 radical (unpaired) electrons. The Bertz CT molecular complexity index is 542. The Kier molecular flexibility index (Phi) is 5.62. The number of halogens is 1. The molecule has 1 unspecified atom stereocenters. The van der Waals surface area contributed by atoms with Gasteiger partial charge in [0.2, 0.25) is 0 Å². The Morgan fingerprint density at radius 2 is 2.29 bits per heavy atom. The van der Waals surface area contributed by atoms with Gasteiger partial charge in [0.25, 0.3) is 5.91 Å². The number of hydrazone groups is 1. The maximum absolute atomic E-state index is 11.9. The highest BCUT2D eigenvalue weighted by molar-refractivity contribution is 6.31. The normalized spacial score (nSPS) is 19.8. The molecule has 0 bridgehead atoms. The van der Waals surface area contributed by atoms with Crippen LogP contribution in [-0.2, 0) is 4.79 Å². The molecular weight excluding hydrogens is 286 g/mol. The molecule has 1 aromatic carbocycles. The number of rotatable bonds is 5. The Morgan fingerprint density at radius 3 is 3.05 bits per heavy atom. The number of hydrogen-bond acceptors (Lipinski definition) is 3. The summed E-state index contributed by atoms with van der Waals surface area (Å²) in [5.41, 5.74) is 5.59. The summed E-state index contributed by atoms with van der Waals surface area (Å²) >= 11 is 6.05. The van der Waals surface area contributed by atoms with Gasteiger partial charge in [0, 0.05) is 16.4 Å². The molecule has 0 aliphatic heterocycles. The Hall–Kier alpha value is -1.55. The molecule has 1 aliphatic carbocycles. The summed E-state index contributed by atoms with van der Waals surface area (Å²) < 4.78 is 0. The van der Waals surface area contributed by atoms with E-state index < -0.39 is 0 Å². The van der Waals surface area contributed by atoms with Gasteiger partial charge in [-0.15, -0.1) is 0 Å². The van der Waals surface area contributed by atoms with Gasteiger partial charge in [-0.3, -0.25) is 4.79 Å². The lowest BCUT2D eigenvalue weighted by Crippen LogP contribution is -2.27. The fraction of sp³-hybridized carbons (Fsp3) is 0.500. The van der Waals surface area contributed by atoms with E-state index in [0.29, 0.717) is 10.9 Å². The Labute approximate surface area is 131 Å². The minimum Gasteiger partial charge on any atom is -0.376 e. The van der Waals surface area contributed by atoms with Crippen LogP contribution in [0, 0.1) is 12.8 Å². The lowest BCUT2D eigenvalue weighted by molar-refractivity contribution is -0.119. The van der Waals surface area contributed by atoms with Crippen molar-refractivity contribution in [3.05, 3.63) is 28.8 Å². The van der Waals surface area contributed by atoms with Crippen molar-refractivity contribution in [2.75, 3.05) is 11.9 Å². The number of benzene rings is 1. The van der Waals surface area contributed by atoms with Crippen LogP contribution in [0.2, 0.25) is 5.02 Å². The van der Waals surface area contributed by atoms with Crippen molar-refractivity contribution in [1.29, 1.82) is 0 Å². The fourth-order valence-corrected chi connectivity index (χ4v) is 2.81. The fourth-order valence-electron chi connectivity index (χ4n) is 2.64. The summed E-state index contributed by atoms with van der Waals surface area (Å²) in [4.78, 5) is 11.9. The molecule has 21 heavy (non-hydrogen) atoms. The third kappa shape index (κ3) is 4.21. The van der Waals surface area contributed by atoms with Crippen LogP contribution >= 0.6 is 11.6 Å². The SMILES string of the molecule is CCC1CCCC1=NNC(=O)CNc1cccc(Cl)c1C. The largest absolute Gasteiger partial charge is 0.376 e. The molecule has 1 amide bonds. The van der Waals surface area contributed by atoms with Crippen LogP contribution < -0.4 is 10.7 Å². The van der Waals surface area contributed by atoms with Crippen molar-refractivity contribution in [2.45, 2.75) is 39.5 Å². The molecule has 5 heteroatoms. The number of carbonyl (C=O) groups is 1. The summed E-state index contributed by atoms with van der Waals surface area (Å²) in [6.45, 7) is 4.28. The molecule has 0 heterocycles. The van der Waals surface area contributed by atoms with Crippen LogP contribution in [0.25, 0.3) is 0 Å². The van der Waals surface area contributed by atoms with Gasteiger partial charge in [0.1, 0.15) is 0 Å². The van der Waals surface area contributed by atoms with E-state index in [1.807, 2.05) is 25.1 Å². The molecule has 0 spiro atoms. The highest BCUT2D eigenvalue weighted by Gasteiger charge is 2.20. The molecule has 1 aromatic rings. The molecule has 4 nitrogen and oxygen atoms in total. The molecule has 0 aromatic heterocycles. The van der Waals surface area contributed by atoms with E-state index in [9.17, 15) is 4.79 Å². The minimum absolute atomic E-state index is 0.136. The average Bonchev–Trinajstić information content (AvgIpc) is 2.94. The van der Waals surface area contributed by atoms with Crippen LogP contribution in [0.3, 0.4) is 0 Å². The first-order valence-electron chi connectivity index (χ1n) is 7.46. The predicted molar refractivity (Wildman–Crippen MR) is 87.9 cm³/mol. The number of nitrogens with one attached hydrogen (secondary N) is 2. The first-order valence-corrected chi connectivity index (χ1v) is 7.84. The quantitative estimate of drug-likeness (QED) is 0.814. The van der Waals surface area contributed by atoms with Gasteiger partial charge in [0.15, 0.2) is 0 Å². The number of amides is 1. The maximum atomic E-state index is 11.9. The Balaban J connectivity index is 1.85. The molecule has 114 valence electrons. The second-order valence-electron chi connectivity index (χ2n) is 5.40. The third-order valence-electron chi connectivity index (χ3n) is 3.98. The molecule has 1 fully saturated rings. The number of hydrogen-bond donors (Lipinski definition) is 2. The molecule has 1 saturated carbocycles. The van der Waals surface area contributed by atoms with Crippen molar-refractivity contribution in [3.8, 4) is 0 Å². The lowest BCUT2D eigenvalue weighted by atomic mass is 10.0. The lowest BCUT2D eigenvalue weighted by Gasteiger charge is -2.10. The maximum Gasteiger partial charge on any atom is 0.259 e. The first-order chi connectivity index (χ1) is 10.1. The molecule has 2 N–H and O–H groups in total. The van der Waals surface area contributed by atoms with Crippen LogP contribution in [0.15, 0.2) is 23.3 Å². The van der Waals surface area contributed by atoms with Crippen molar-refractivity contribution in [3.63, 3.8) is 0 Å². The zero-order chi connectivity index (χ0) is 15.2. The number of carbonyl (C=O) groups excluding carboxylic acids is 1. The van der Waals surface area contributed by atoms with Gasteiger partial charge in [-0.2, -0.15) is 5.10 Å². The molecule has 2 rings (SSSR count). The van der Waals surface area contributed by atoms with E-state index in [1.165, 1.54) is 12.8 Å². The molecule has 1 atom stereocenters. The van der Waals surface area contributed by atoms with Crippen LogP contribution in [0.4, 0.5) is 5.69 Å². The molecule has 0 saturated heterocycles. The monoisotopic (exact) mass is 307 g/mol. The highest BCUT2D eigenvalue weighted by atomic mass is 35.5. The van der Waals surface area contributed by atoms with Crippen LogP contribution in [0.5, 0.6) is 0 Å². The van der Waals surface area contributed by atoms with Gasteiger partial charge < -0.3 is 5.32 Å². The van der Waals surface area contributed by atoms with Crippen LogP contribution in [0.1, 0.15) is 38.2 Å². The van der Waals surface area contributed by atoms with Crippen LogP contribution in [-0.4, -0.2) is 18.2 Å². The van der Waals surface area contributed by atoms with Gasteiger partial charge in [-0.25, -0.2) is 5.43 Å². The van der Waals surface area contributed by atoms with Crippen molar-refractivity contribution in [2.24, 2.45) is 11.0 Å². The Morgan fingerprint density at radius 1 is 1.48 bits per heavy atom. The first kappa shape index (κ1) is 15.8. The van der Waals surface area contributed by atoms with Gasteiger partial charge in [-0.1, -0.05) is 24.6 Å². The third-order valence-corrected chi connectivity index (χ3v) is 4.39. The average molecular weight is 308 g/mol. The van der Waals surface area contributed by atoms with E-state index in [4.69, 9.17) is 11.6 Å². The van der Waals surface area contributed by atoms with E-state index in [-0.39, 0.29) is 12.5 Å². The minimum atomic E-state index is -0.136. The summed E-state index contributed by atoms with van der Waals surface area (Å²) in [6.07, 6.45) is 4.45. The summed E-state index contributed by atoms with van der Waals surface area (Å²) in [6, 6.07) is 5.60. The standard InChI is InChI=1S/C16H22ClN3O/c1-3-12-6-4-9-15(12)19-20-16(21)10-18-14-8-5-7-13(17)11(14)2/h5,7-8,12,18H,3-4,6,9-10H2,1-2H3,(H,20,21). The number of nitrogens with zero attached hydrogens (tertiary/aromatic N) is 1. The van der Waals surface area contributed by atoms with Gasteiger partial charge in [0.05, 0.1) is 6.54 Å². The van der Waals surface area contributed by atoms with E-state index >= 15 is 0 Å². The second-order valence-corrected chi connectivity index (χ2v) is 5.81. The number of anilines is 1. The van der Waals surface area contributed by atoms with Gasteiger partial charge >= 0.3 is 0 Å². The van der Waals surface area contributed by atoms with Crippen molar-refractivity contribution < 1.29 is 4.79 Å².